The molecule has 6 heteroatoms. The third kappa shape index (κ3) is 7.48. The van der Waals surface area contributed by atoms with Crippen molar-refractivity contribution in [3.63, 3.8) is 0 Å². The number of benzene rings is 2. The molecule has 154 valence electrons. The van der Waals surface area contributed by atoms with Gasteiger partial charge in [-0.25, -0.2) is 4.98 Å². The summed E-state index contributed by atoms with van der Waals surface area (Å²) in [6, 6.07) is 17.8. The molecular formula is C23H28N2O3S. The molecule has 0 saturated heterocycles. The van der Waals surface area contributed by atoms with E-state index in [-0.39, 0.29) is 0 Å². The van der Waals surface area contributed by atoms with Crippen LogP contribution in [0, 0.1) is 0 Å². The van der Waals surface area contributed by atoms with Gasteiger partial charge in [-0.2, -0.15) is 0 Å². The summed E-state index contributed by atoms with van der Waals surface area (Å²) in [4.78, 5) is 6.54. The van der Waals surface area contributed by atoms with E-state index in [0.29, 0.717) is 6.61 Å². The zero-order chi connectivity index (χ0) is 20.3. The molecule has 3 aromatic rings. The van der Waals surface area contributed by atoms with E-state index >= 15 is 0 Å². The minimum atomic E-state index is 0.665. The molecule has 0 atom stereocenters. The average molecular weight is 413 g/mol. The van der Waals surface area contributed by atoms with Gasteiger partial charge in [0.05, 0.1) is 25.2 Å². The Morgan fingerprint density at radius 1 is 0.931 bits per heavy atom. The predicted octanol–water partition coefficient (Wildman–Crippen LogP) is 4.98. The summed E-state index contributed by atoms with van der Waals surface area (Å²) in [5, 5.41) is 0. The third-order valence-electron chi connectivity index (χ3n) is 4.18. The fraction of sp³-hybridized carbons (Fsp3) is 0.348. The first-order chi connectivity index (χ1) is 14.2. The number of nitrogens with zero attached hydrogens (tertiary/aromatic N) is 2. The van der Waals surface area contributed by atoms with E-state index < -0.39 is 0 Å². The first-order valence-corrected chi connectivity index (χ1v) is 10.9. The normalized spacial score (nSPS) is 11.0. The second-order valence-electron chi connectivity index (χ2n) is 6.86. The first-order valence-electron chi connectivity index (χ1n) is 9.79. The van der Waals surface area contributed by atoms with Crippen molar-refractivity contribution in [2.45, 2.75) is 12.2 Å². The van der Waals surface area contributed by atoms with Crippen LogP contribution in [0.2, 0.25) is 0 Å². The lowest BCUT2D eigenvalue weighted by molar-refractivity contribution is 0.281. The molecule has 0 amide bonds. The van der Waals surface area contributed by atoms with Crippen molar-refractivity contribution in [1.82, 2.24) is 9.88 Å². The standard InChI is InChI=1S/C23H28N2O3S/c1-25(2)13-6-14-26-21-11-9-19(10-12-21)22-17-24-23(28-22)18-29-16-15-27-20-7-4-3-5-8-20/h3-5,7-12,17H,6,13-16,18H2,1-2H3. The van der Waals surface area contributed by atoms with Crippen LogP contribution in [0.3, 0.4) is 0 Å². The number of rotatable bonds is 12. The number of para-hydroxylation sites is 1. The van der Waals surface area contributed by atoms with Crippen molar-refractivity contribution >= 4 is 11.8 Å². The van der Waals surface area contributed by atoms with E-state index in [0.717, 1.165) is 59.8 Å². The van der Waals surface area contributed by atoms with Gasteiger partial charge in [-0.3, -0.25) is 0 Å². The van der Waals surface area contributed by atoms with Crippen LogP contribution in [-0.2, 0) is 5.75 Å². The van der Waals surface area contributed by atoms with Gasteiger partial charge in [0.25, 0.3) is 0 Å². The molecule has 3 rings (SSSR count). The molecular weight excluding hydrogens is 384 g/mol. The van der Waals surface area contributed by atoms with Crippen LogP contribution in [0.25, 0.3) is 11.3 Å². The van der Waals surface area contributed by atoms with Crippen LogP contribution in [-0.4, -0.2) is 49.5 Å². The largest absolute Gasteiger partial charge is 0.494 e. The van der Waals surface area contributed by atoms with Gasteiger partial charge in [-0.05, 0) is 56.9 Å². The van der Waals surface area contributed by atoms with Crippen molar-refractivity contribution in [3.05, 3.63) is 66.7 Å². The quantitative estimate of drug-likeness (QED) is 0.391. The van der Waals surface area contributed by atoms with Gasteiger partial charge >= 0.3 is 0 Å². The number of oxazole rings is 1. The van der Waals surface area contributed by atoms with Gasteiger partial charge in [0.15, 0.2) is 5.76 Å². The molecule has 0 unspecified atom stereocenters. The SMILES string of the molecule is CN(C)CCCOc1ccc(-c2cnc(CSCCOc3ccccc3)o2)cc1. The Labute approximate surface area is 177 Å². The number of ether oxygens (including phenoxy) is 2. The summed E-state index contributed by atoms with van der Waals surface area (Å²) < 4.78 is 17.3. The summed E-state index contributed by atoms with van der Waals surface area (Å²) in [6.07, 6.45) is 2.79. The topological polar surface area (TPSA) is 47.7 Å². The Morgan fingerprint density at radius 3 is 2.41 bits per heavy atom. The van der Waals surface area contributed by atoms with Crippen molar-refractivity contribution in [3.8, 4) is 22.8 Å². The van der Waals surface area contributed by atoms with E-state index in [9.17, 15) is 0 Å². The lowest BCUT2D eigenvalue weighted by Crippen LogP contribution is -2.15. The summed E-state index contributed by atoms with van der Waals surface area (Å²) >= 11 is 1.75. The monoisotopic (exact) mass is 412 g/mol. The van der Waals surface area contributed by atoms with Crippen LogP contribution >= 0.6 is 11.8 Å². The highest BCUT2D eigenvalue weighted by Gasteiger charge is 2.07. The van der Waals surface area contributed by atoms with Crippen molar-refractivity contribution in [2.75, 3.05) is 39.6 Å². The highest BCUT2D eigenvalue weighted by molar-refractivity contribution is 7.98. The number of hydrogen-bond donors (Lipinski definition) is 0. The van der Waals surface area contributed by atoms with Crippen molar-refractivity contribution < 1.29 is 13.9 Å². The average Bonchev–Trinajstić information content (AvgIpc) is 3.21. The van der Waals surface area contributed by atoms with E-state index in [1.165, 1.54) is 0 Å². The smallest absolute Gasteiger partial charge is 0.204 e. The van der Waals surface area contributed by atoms with Crippen LogP contribution in [0.15, 0.2) is 65.2 Å². The molecule has 1 heterocycles. The van der Waals surface area contributed by atoms with Crippen LogP contribution in [0.5, 0.6) is 11.5 Å². The zero-order valence-electron chi connectivity index (χ0n) is 17.0. The number of hydrogen-bond acceptors (Lipinski definition) is 6. The summed E-state index contributed by atoms with van der Waals surface area (Å²) in [5.41, 5.74) is 1.00. The minimum absolute atomic E-state index is 0.665. The lowest BCUT2D eigenvalue weighted by atomic mass is 10.2. The molecule has 0 radical (unpaired) electrons. The number of thioether (sulfide) groups is 1. The Morgan fingerprint density at radius 2 is 1.66 bits per heavy atom. The molecule has 29 heavy (non-hydrogen) atoms. The van der Waals surface area contributed by atoms with E-state index in [1.807, 2.05) is 54.6 Å². The fourth-order valence-corrected chi connectivity index (χ4v) is 3.34. The molecule has 0 bridgehead atoms. The Hall–Kier alpha value is -2.44. The van der Waals surface area contributed by atoms with Gasteiger partial charge in [0.1, 0.15) is 11.5 Å². The highest BCUT2D eigenvalue weighted by Crippen LogP contribution is 2.24. The van der Waals surface area contributed by atoms with Gasteiger partial charge in [-0.1, -0.05) is 18.2 Å². The summed E-state index contributed by atoms with van der Waals surface area (Å²) in [7, 11) is 4.13. The molecule has 0 saturated carbocycles. The Kier molecular flexibility index (Phi) is 8.46. The molecule has 0 aliphatic carbocycles. The van der Waals surface area contributed by atoms with Crippen LogP contribution in [0.1, 0.15) is 12.3 Å². The zero-order valence-corrected chi connectivity index (χ0v) is 17.9. The van der Waals surface area contributed by atoms with E-state index in [4.69, 9.17) is 13.9 Å². The van der Waals surface area contributed by atoms with Gasteiger partial charge < -0.3 is 18.8 Å². The van der Waals surface area contributed by atoms with Gasteiger partial charge in [0.2, 0.25) is 5.89 Å². The number of aromatic nitrogens is 1. The maximum absolute atomic E-state index is 5.88. The van der Waals surface area contributed by atoms with E-state index in [1.54, 1.807) is 18.0 Å². The fourth-order valence-electron chi connectivity index (χ4n) is 2.69. The first kappa shape index (κ1) is 21.3. The highest BCUT2D eigenvalue weighted by atomic mass is 32.2. The molecule has 0 aliphatic heterocycles. The summed E-state index contributed by atoms with van der Waals surface area (Å²) in [6.45, 7) is 2.41. The minimum Gasteiger partial charge on any atom is -0.494 e. The van der Waals surface area contributed by atoms with Gasteiger partial charge in [-0.15, -0.1) is 11.8 Å². The predicted molar refractivity (Wildman–Crippen MR) is 119 cm³/mol. The molecule has 2 aromatic carbocycles. The van der Waals surface area contributed by atoms with Crippen molar-refractivity contribution in [2.24, 2.45) is 0 Å². The maximum atomic E-state index is 5.88. The van der Waals surface area contributed by atoms with Gasteiger partial charge in [0, 0.05) is 17.9 Å². The summed E-state index contributed by atoms with van der Waals surface area (Å²) in [5.74, 6) is 4.89. The second kappa shape index (κ2) is 11.5. The third-order valence-corrected chi connectivity index (χ3v) is 5.08. The maximum Gasteiger partial charge on any atom is 0.204 e. The molecule has 5 nitrogen and oxygen atoms in total. The molecule has 1 aromatic heterocycles. The molecule has 0 aliphatic rings. The second-order valence-corrected chi connectivity index (χ2v) is 7.97. The molecule has 0 fully saturated rings. The molecule has 0 N–H and O–H groups in total. The Balaban J connectivity index is 1.38. The molecule has 0 spiro atoms. The van der Waals surface area contributed by atoms with Crippen LogP contribution in [0.4, 0.5) is 0 Å². The van der Waals surface area contributed by atoms with Crippen LogP contribution < -0.4 is 9.47 Å². The van der Waals surface area contributed by atoms with E-state index in [2.05, 4.69) is 24.0 Å². The lowest BCUT2D eigenvalue weighted by Gasteiger charge is -2.10. The Bertz CT molecular complexity index is 835. The van der Waals surface area contributed by atoms with Crippen molar-refractivity contribution in [1.29, 1.82) is 0 Å².